The monoisotopic (exact) mass is 307 g/mol. The molecule has 0 unspecified atom stereocenters. The molecule has 0 spiro atoms. The second-order valence-corrected chi connectivity index (χ2v) is 6.58. The Kier molecular flexibility index (Phi) is 6.56. The molecule has 1 fully saturated rings. The van der Waals surface area contributed by atoms with Gasteiger partial charge in [0.1, 0.15) is 0 Å². The van der Waals surface area contributed by atoms with Crippen LogP contribution in [0, 0.1) is 5.41 Å². The maximum absolute atomic E-state index is 12.0. The summed E-state index contributed by atoms with van der Waals surface area (Å²) in [6, 6.07) is 10.3. The summed E-state index contributed by atoms with van der Waals surface area (Å²) < 4.78 is 0. The Labute approximate surface area is 133 Å². The van der Waals surface area contributed by atoms with Crippen molar-refractivity contribution < 1.29 is 4.79 Å². The Morgan fingerprint density at radius 3 is 2.52 bits per heavy atom. The molecule has 0 radical (unpaired) electrons. The highest BCUT2D eigenvalue weighted by Crippen LogP contribution is 2.36. The van der Waals surface area contributed by atoms with Crippen LogP contribution in [0.2, 0.25) is 0 Å². The number of benzene rings is 1. The highest BCUT2D eigenvalue weighted by atomic mass is 35.5. The fourth-order valence-corrected chi connectivity index (χ4v) is 3.49. The van der Waals surface area contributed by atoms with Gasteiger partial charge in [0.2, 0.25) is 5.91 Å². The second-order valence-electron chi connectivity index (χ2n) is 6.31. The standard InChI is InChI=1S/C18H26ClNO/c19-14-18(12-5-2-6-13-18)15-20-17(21)11-7-10-16-8-3-1-4-9-16/h1,3-4,8-9H,2,5-7,10-15H2,(H,20,21). The first-order chi connectivity index (χ1) is 10.2. The van der Waals surface area contributed by atoms with Crippen LogP contribution < -0.4 is 5.32 Å². The largest absolute Gasteiger partial charge is 0.356 e. The van der Waals surface area contributed by atoms with E-state index >= 15 is 0 Å². The number of halogens is 1. The van der Waals surface area contributed by atoms with Crippen LogP contribution in [0.5, 0.6) is 0 Å². The van der Waals surface area contributed by atoms with E-state index in [1.165, 1.54) is 24.8 Å². The first kappa shape index (κ1) is 16.4. The van der Waals surface area contributed by atoms with Crippen LogP contribution in [0.25, 0.3) is 0 Å². The molecule has 1 aromatic rings. The van der Waals surface area contributed by atoms with Gasteiger partial charge in [-0.3, -0.25) is 4.79 Å². The number of alkyl halides is 1. The summed E-state index contributed by atoms with van der Waals surface area (Å²) in [4.78, 5) is 12.0. The van der Waals surface area contributed by atoms with Gasteiger partial charge in [-0.1, -0.05) is 49.6 Å². The SMILES string of the molecule is O=C(CCCc1ccccc1)NCC1(CCl)CCCCC1. The van der Waals surface area contributed by atoms with Gasteiger partial charge < -0.3 is 5.32 Å². The first-order valence-corrected chi connectivity index (χ1v) is 8.64. The van der Waals surface area contributed by atoms with E-state index in [1.807, 2.05) is 18.2 Å². The summed E-state index contributed by atoms with van der Waals surface area (Å²) in [7, 11) is 0. The van der Waals surface area contributed by atoms with Gasteiger partial charge in [-0.2, -0.15) is 0 Å². The molecule has 1 N–H and O–H groups in total. The van der Waals surface area contributed by atoms with Gasteiger partial charge >= 0.3 is 0 Å². The molecular formula is C18H26ClNO. The number of rotatable bonds is 7. The van der Waals surface area contributed by atoms with E-state index in [2.05, 4.69) is 17.4 Å². The summed E-state index contributed by atoms with van der Waals surface area (Å²) in [6.45, 7) is 0.751. The van der Waals surface area contributed by atoms with Gasteiger partial charge in [0.25, 0.3) is 0 Å². The molecule has 0 atom stereocenters. The maximum atomic E-state index is 12.0. The van der Waals surface area contributed by atoms with Crippen LogP contribution in [0.15, 0.2) is 30.3 Å². The van der Waals surface area contributed by atoms with Crippen molar-refractivity contribution in [3.8, 4) is 0 Å². The summed E-state index contributed by atoms with van der Waals surface area (Å²) in [5, 5.41) is 3.11. The lowest BCUT2D eigenvalue weighted by Crippen LogP contribution is -2.40. The summed E-state index contributed by atoms with van der Waals surface area (Å²) in [6.07, 6.45) is 8.59. The van der Waals surface area contributed by atoms with Crippen LogP contribution in [-0.4, -0.2) is 18.3 Å². The van der Waals surface area contributed by atoms with Gasteiger partial charge in [0.15, 0.2) is 0 Å². The minimum absolute atomic E-state index is 0.148. The quantitative estimate of drug-likeness (QED) is 0.747. The molecule has 116 valence electrons. The van der Waals surface area contributed by atoms with E-state index in [0.29, 0.717) is 12.3 Å². The molecule has 21 heavy (non-hydrogen) atoms. The zero-order chi connectivity index (χ0) is 15.0. The predicted molar refractivity (Wildman–Crippen MR) is 88.6 cm³/mol. The molecule has 1 aliphatic rings. The van der Waals surface area contributed by atoms with Crippen LogP contribution >= 0.6 is 11.6 Å². The highest BCUT2D eigenvalue weighted by molar-refractivity contribution is 6.18. The third-order valence-electron chi connectivity index (χ3n) is 4.57. The van der Waals surface area contributed by atoms with E-state index in [4.69, 9.17) is 11.6 Å². The zero-order valence-electron chi connectivity index (χ0n) is 12.7. The number of carbonyl (C=O) groups excluding carboxylic acids is 1. The van der Waals surface area contributed by atoms with Crippen molar-refractivity contribution in [3.63, 3.8) is 0 Å². The number of aryl methyl sites for hydroxylation is 1. The first-order valence-electron chi connectivity index (χ1n) is 8.11. The van der Waals surface area contributed by atoms with Crippen molar-refractivity contribution in [2.75, 3.05) is 12.4 Å². The Bertz CT molecular complexity index is 426. The zero-order valence-corrected chi connectivity index (χ0v) is 13.5. The molecule has 1 amide bonds. The predicted octanol–water partition coefficient (Wildman–Crippen LogP) is 4.31. The van der Waals surface area contributed by atoms with Crippen molar-refractivity contribution in [2.24, 2.45) is 5.41 Å². The van der Waals surface area contributed by atoms with Crippen molar-refractivity contribution in [2.45, 2.75) is 51.4 Å². The fourth-order valence-electron chi connectivity index (χ4n) is 3.13. The molecule has 0 heterocycles. The van der Waals surface area contributed by atoms with Crippen LogP contribution in [0.3, 0.4) is 0 Å². The number of nitrogens with one attached hydrogen (secondary N) is 1. The third kappa shape index (κ3) is 5.35. The van der Waals surface area contributed by atoms with Crippen LogP contribution in [0.1, 0.15) is 50.5 Å². The fraction of sp³-hybridized carbons (Fsp3) is 0.611. The van der Waals surface area contributed by atoms with E-state index < -0.39 is 0 Å². The summed E-state index contributed by atoms with van der Waals surface area (Å²) in [5.74, 6) is 0.832. The molecule has 2 rings (SSSR count). The van der Waals surface area contributed by atoms with Gasteiger partial charge in [-0.15, -0.1) is 11.6 Å². The number of hydrogen-bond donors (Lipinski definition) is 1. The van der Waals surface area contributed by atoms with E-state index in [-0.39, 0.29) is 11.3 Å². The van der Waals surface area contributed by atoms with Gasteiger partial charge in [0.05, 0.1) is 0 Å². The average Bonchev–Trinajstić information content (AvgIpc) is 2.55. The van der Waals surface area contributed by atoms with Gasteiger partial charge in [-0.05, 0) is 31.2 Å². The third-order valence-corrected chi connectivity index (χ3v) is 5.14. The Morgan fingerprint density at radius 1 is 1.14 bits per heavy atom. The molecule has 0 bridgehead atoms. The Hall–Kier alpha value is -1.02. The van der Waals surface area contributed by atoms with Crippen LogP contribution in [0.4, 0.5) is 0 Å². The lowest BCUT2D eigenvalue weighted by molar-refractivity contribution is -0.121. The molecule has 0 saturated heterocycles. The summed E-state index contributed by atoms with van der Waals surface area (Å²) in [5.41, 5.74) is 1.45. The van der Waals surface area contributed by atoms with Crippen LogP contribution in [-0.2, 0) is 11.2 Å². The van der Waals surface area contributed by atoms with E-state index in [1.54, 1.807) is 0 Å². The smallest absolute Gasteiger partial charge is 0.220 e. The number of hydrogen-bond acceptors (Lipinski definition) is 1. The Morgan fingerprint density at radius 2 is 1.86 bits per heavy atom. The normalized spacial score (nSPS) is 17.4. The number of carbonyl (C=O) groups is 1. The van der Waals surface area contributed by atoms with Crippen molar-refractivity contribution in [1.82, 2.24) is 5.32 Å². The molecule has 0 aromatic heterocycles. The lowest BCUT2D eigenvalue weighted by Gasteiger charge is -2.35. The molecular weight excluding hydrogens is 282 g/mol. The average molecular weight is 308 g/mol. The molecule has 1 aliphatic carbocycles. The summed E-state index contributed by atoms with van der Waals surface area (Å²) >= 11 is 6.15. The topological polar surface area (TPSA) is 29.1 Å². The molecule has 3 heteroatoms. The van der Waals surface area contributed by atoms with Crippen molar-refractivity contribution in [3.05, 3.63) is 35.9 Å². The van der Waals surface area contributed by atoms with E-state index in [0.717, 1.165) is 32.2 Å². The van der Waals surface area contributed by atoms with Crippen molar-refractivity contribution >= 4 is 17.5 Å². The van der Waals surface area contributed by atoms with E-state index in [9.17, 15) is 4.79 Å². The maximum Gasteiger partial charge on any atom is 0.220 e. The molecule has 1 saturated carbocycles. The van der Waals surface area contributed by atoms with Gasteiger partial charge in [0, 0.05) is 24.3 Å². The lowest BCUT2D eigenvalue weighted by atomic mass is 9.75. The minimum atomic E-state index is 0.148. The van der Waals surface area contributed by atoms with Gasteiger partial charge in [-0.25, -0.2) is 0 Å². The van der Waals surface area contributed by atoms with Crippen molar-refractivity contribution in [1.29, 1.82) is 0 Å². The highest BCUT2D eigenvalue weighted by Gasteiger charge is 2.31. The molecule has 1 aromatic carbocycles. The molecule has 0 aliphatic heterocycles. The second kappa shape index (κ2) is 8.43. The minimum Gasteiger partial charge on any atom is -0.356 e. The number of amides is 1. The molecule has 2 nitrogen and oxygen atoms in total. The Balaban J connectivity index is 1.67.